The summed E-state index contributed by atoms with van der Waals surface area (Å²) in [5.41, 5.74) is -2.58. The van der Waals surface area contributed by atoms with Gasteiger partial charge in [0.15, 0.2) is 17.3 Å². The fraction of sp³-hybridized carbons (Fsp3) is 0.273. The number of amidine groups is 1. The number of carbonyl (C=O) groups excluding carboxylic acids is 1. The van der Waals surface area contributed by atoms with Crippen molar-refractivity contribution in [3.05, 3.63) is 64.3 Å². The third-order valence-corrected chi connectivity index (χ3v) is 4.95. The minimum absolute atomic E-state index is 0.0197. The van der Waals surface area contributed by atoms with E-state index in [9.17, 15) is 31.1 Å². The van der Waals surface area contributed by atoms with Gasteiger partial charge in [-0.25, -0.2) is 4.79 Å². The fourth-order valence-electron chi connectivity index (χ4n) is 3.25. The largest absolute Gasteiger partial charge is 0.493 e. The molecule has 0 aliphatic carbocycles. The van der Waals surface area contributed by atoms with Crippen LogP contribution in [0.1, 0.15) is 29.2 Å². The Hall–Kier alpha value is -3.70. The molecule has 3 rings (SSSR count). The molecule has 1 aliphatic rings. The van der Waals surface area contributed by atoms with Gasteiger partial charge >= 0.3 is 18.4 Å². The van der Waals surface area contributed by atoms with E-state index in [1.807, 2.05) is 0 Å². The molecule has 0 aromatic heterocycles. The normalized spacial score (nSPS) is 15.6. The highest BCUT2D eigenvalue weighted by Gasteiger charge is 2.38. The number of nitrogens with one attached hydrogen (secondary N) is 2. The smallest absolute Gasteiger partial charge is 0.416 e. The lowest BCUT2D eigenvalue weighted by Crippen LogP contribution is -2.29. The van der Waals surface area contributed by atoms with E-state index in [2.05, 4.69) is 5.32 Å². The molecular formula is C22H19F6N3O3. The first-order chi connectivity index (χ1) is 15.8. The number of nitrogens with zero attached hydrogens (tertiary/aromatic N) is 1. The molecule has 1 aliphatic heterocycles. The summed E-state index contributed by atoms with van der Waals surface area (Å²) in [5, 5.41) is 10.6. The molecule has 2 N–H and O–H groups in total. The highest BCUT2D eigenvalue weighted by molar-refractivity contribution is 6.15. The number of carbonyl (C=O) groups is 1. The standard InChI is InChI=1S/C22H19F6N3O3/c1-3-31-19(29)16(30-20(31)32)8-12-4-7-17(18(9-12)33-2)34-11-13-5-6-14(21(23,24)25)10-15(13)22(26,27)28/h4-10,29H,3,11H2,1-2H3,(H,30,32). The Labute approximate surface area is 190 Å². The first kappa shape index (κ1) is 24.9. The van der Waals surface area contributed by atoms with Gasteiger partial charge in [0.2, 0.25) is 0 Å². The van der Waals surface area contributed by atoms with E-state index in [4.69, 9.17) is 14.9 Å². The summed E-state index contributed by atoms with van der Waals surface area (Å²) in [7, 11) is 1.30. The molecule has 2 amide bonds. The lowest BCUT2D eigenvalue weighted by molar-refractivity contribution is -0.143. The molecule has 0 saturated carbocycles. The topological polar surface area (TPSA) is 74.7 Å². The van der Waals surface area contributed by atoms with E-state index < -0.39 is 41.7 Å². The van der Waals surface area contributed by atoms with Crippen LogP contribution in [-0.2, 0) is 19.0 Å². The van der Waals surface area contributed by atoms with E-state index in [1.54, 1.807) is 6.92 Å². The van der Waals surface area contributed by atoms with Crippen LogP contribution in [0.5, 0.6) is 11.5 Å². The molecule has 2 aromatic carbocycles. The Bertz CT molecular complexity index is 1140. The summed E-state index contributed by atoms with van der Waals surface area (Å²) in [5.74, 6) is 0.171. The van der Waals surface area contributed by atoms with Crippen LogP contribution in [0.15, 0.2) is 42.1 Å². The zero-order valence-electron chi connectivity index (χ0n) is 17.9. The lowest BCUT2D eigenvalue weighted by atomic mass is 10.0. The lowest BCUT2D eigenvalue weighted by Gasteiger charge is -2.17. The SMILES string of the molecule is CCN1C(=N)C(=Cc2ccc(OCc3ccc(C(F)(F)F)cc3C(F)(F)F)c(OC)c2)NC1=O. The average molecular weight is 487 g/mol. The van der Waals surface area contributed by atoms with Crippen LogP contribution in [0, 0.1) is 5.41 Å². The maximum atomic E-state index is 13.3. The van der Waals surface area contributed by atoms with Crippen molar-refractivity contribution >= 4 is 17.9 Å². The zero-order chi connectivity index (χ0) is 25.3. The van der Waals surface area contributed by atoms with Gasteiger partial charge in [-0.15, -0.1) is 0 Å². The molecule has 6 nitrogen and oxygen atoms in total. The Morgan fingerprint density at radius 1 is 1.03 bits per heavy atom. The third-order valence-electron chi connectivity index (χ3n) is 4.95. The maximum absolute atomic E-state index is 13.3. The minimum Gasteiger partial charge on any atom is -0.493 e. The van der Waals surface area contributed by atoms with Crippen LogP contribution in [0.25, 0.3) is 6.08 Å². The molecule has 0 unspecified atom stereocenters. The van der Waals surface area contributed by atoms with Gasteiger partial charge in [-0.1, -0.05) is 12.1 Å². The molecule has 1 fully saturated rings. The van der Waals surface area contributed by atoms with Crippen LogP contribution in [0.3, 0.4) is 0 Å². The van der Waals surface area contributed by atoms with Crippen molar-refractivity contribution in [2.45, 2.75) is 25.9 Å². The van der Waals surface area contributed by atoms with Crippen molar-refractivity contribution in [3.8, 4) is 11.5 Å². The van der Waals surface area contributed by atoms with Gasteiger partial charge in [-0.3, -0.25) is 10.3 Å². The summed E-state index contributed by atoms with van der Waals surface area (Å²) in [4.78, 5) is 13.1. The summed E-state index contributed by atoms with van der Waals surface area (Å²) in [6.45, 7) is 1.37. The van der Waals surface area contributed by atoms with Crippen molar-refractivity contribution in [1.29, 1.82) is 5.41 Å². The molecule has 182 valence electrons. The molecule has 0 atom stereocenters. The maximum Gasteiger partial charge on any atom is 0.416 e. The number of benzene rings is 2. The van der Waals surface area contributed by atoms with Crippen LogP contribution in [0.2, 0.25) is 0 Å². The van der Waals surface area contributed by atoms with E-state index >= 15 is 0 Å². The molecule has 1 saturated heterocycles. The van der Waals surface area contributed by atoms with E-state index in [1.165, 1.54) is 36.3 Å². The van der Waals surface area contributed by atoms with Gasteiger partial charge in [0.1, 0.15) is 6.61 Å². The summed E-state index contributed by atoms with van der Waals surface area (Å²) in [6.07, 6.45) is -8.42. The Balaban J connectivity index is 1.84. The monoisotopic (exact) mass is 487 g/mol. The Kier molecular flexibility index (Phi) is 6.80. The molecule has 0 radical (unpaired) electrons. The number of hydrogen-bond donors (Lipinski definition) is 2. The van der Waals surface area contributed by atoms with Crippen molar-refractivity contribution < 1.29 is 40.6 Å². The van der Waals surface area contributed by atoms with Gasteiger partial charge in [0.05, 0.1) is 23.9 Å². The molecular weight excluding hydrogens is 468 g/mol. The number of alkyl halides is 6. The predicted octanol–water partition coefficient (Wildman–Crippen LogP) is 5.68. The van der Waals surface area contributed by atoms with Crippen molar-refractivity contribution in [2.75, 3.05) is 13.7 Å². The van der Waals surface area contributed by atoms with Gasteiger partial charge in [0, 0.05) is 12.1 Å². The van der Waals surface area contributed by atoms with Crippen LogP contribution < -0.4 is 14.8 Å². The Morgan fingerprint density at radius 2 is 1.74 bits per heavy atom. The van der Waals surface area contributed by atoms with Crippen molar-refractivity contribution in [3.63, 3.8) is 0 Å². The number of urea groups is 1. The van der Waals surface area contributed by atoms with Gasteiger partial charge in [-0.2, -0.15) is 26.3 Å². The third kappa shape index (κ3) is 5.26. The summed E-state index contributed by atoms with van der Waals surface area (Å²) >= 11 is 0. The quantitative estimate of drug-likeness (QED) is 0.516. The number of rotatable bonds is 6. The second-order valence-corrected chi connectivity index (χ2v) is 7.15. The van der Waals surface area contributed by atoms with Crippen LogP contribution in [0.4, 0.5) is 31.1 Å². The van der Waals surface area contributed by atoms with Gasteiger partial charge in [-0.05, 0) is 42.8 Å². The van der Waals surface area contributed by atoms with Crippen molar-refractivity contribution in [2.24, 2.45) is 0 Å². The van der Waals surface area contributed by atoms with E-state index in [0.29, 0.717) is 18.2 Å². The van der Waals surface area contributed by atoms with Crippen LogP contribution >= 0.6 is 0 Å². The number of amides is 2. The first-order valence-corrected chi connectivity index (χ1v) is 9.82. The number of likely N-dealkylation sites (N-methyl/N-ethyl adjacent to an activating group) is 1. The second-order valence-electron chi connectivity index (χ2n) is 7.15. The average Bonchev–Trinajstić information content (AvgIpc) is 3.03. The molecule has 0 bridgehead atoms. The van der Waals surface area contributed by atoms with Gasteiger partial charge < -0.3 is 14.8 Å². The Morgan fingerprint density at radius 3 is 2.29 bits per heavy atom. The first-order valence-electron chi connectivity index (χ1n) is 9.82. The summed E-state index contributed by atoms with van der Waals surface area (Å²) < 4.78 is 89.2. The summed E-state index contributed by atoms with van der Waals surface area (Å²) in [6, 6.07) is 5.30. The molecule has 2 aromatic rings. The fourth-order valence-corrected chi connectivity index (χ4v) is 3.25. The molecule has 0 spiro atoms. The number of halogens is 6. The van der Waals surface area contributed by atoms with Crippen molar-refractivity contribution in [1.82, 2.24) is 10.2 Å². The highest BCUT2D eigenvalue weighted by atomic mass is 19.4. The number of methoxy groups -OCH3 is 1. The zero-order valence-corrected chi connectivity index (χ0v) is 17.9. The predicted molar refractivity (Wildman–Crippen MR) is 110 cm³/mol. The van der Waals surface area contributed by atoms with Crippen LogP contribution in [-0.4, -0.2) is 30.4 Å². The van der Waals surface area contributed by atoms with Gasteiger partial charge in [0.25, 0.3) is 0 Å². The molecule has 1 heterocycles. The second kappa shape index (κ2) is 9.27. The minimum atomic E-state index is -5.01. The van der Waals surface area contributed by atoms with E-state index in [-0.39, 0.29) is 29.1 Å². The van der Waals surface area contributed by atoms with E-state index in [0.717, 1.165) is 6.07 Å². The number of ether oxygens (including phenoxy) is 2. The number of hydrogen-bond acceptors (Lipinski definition) is 4. The molecule has 12 heteroatoms. The molecule has 34 heavy (non-hydrogen) atoms. The highest BCUT2D eigenvalue weighted by Crippen LogP contribution is 2.38.